The number of ether oxygens (including phenoxy) is 1. The Morgan fingerprint density at radius 1 is 1.38 bits per heavy atom. The molecule has 1 heterocycles. The summed E-state index contributed by atoms with van der Waals surface area (Å²) in [6.45, 7) is 8.16. The van der Waals surface area contributed by atoms with E-state index in [9.17, 15) is 0 Å². The summed E-state index contributed by atoms with van der Waals surface area (Å²) in [4.78, 5) is 4.33. The molecule has 0 amide bonds. The number of aromatic nitrogens is 1. The summed E-state index contributed by atoms with van der Waals surface area (Å²) in [5.74, 6) is 0. The van der Waals surface area contributed by atoms with Crippen LogP contribution in [-0.2, 0) is 4.74 Å². The Balaban J connectivity index is 2.88. The summed E-state index contributed by atoms with van der Waals surface area (Å²) in [5, 5.41) is 0. The van der Waals surface area contributed by atoms with Gasteiger partial charge in [0.25, 0.3) is 0 Å². The SMILES string of the molecule is CCC(N)C(OC(C)(C)C)c1ccccn1. The van der Waals surface area contributed by atoms with Gasteiger partial charge in [0, 0.05) is 12.2 Å². The second-order valence-electron chi connectivity index (χ2n) is 4.98. The molecule has 3 heteroatoms. The van der Waals surface area contributed by atoms with Gasteiger partial charge < -0.3 is 10.5 Å². The number of nitrogens with zero attached hydrogens (tertiary/aromatic N) is 1. The van der Waals surface area contributed by atoms with Crippen LogP contribution in [0.1, 0.15) is 45.9 Å². The Morgan fingerprint density at radius 2 is 2.06 bits per heavy atom. The van der Waals surface area contributed by atoms with Gasteiger partial charge >= 0.3 is 0 Å². The van der Waals surface area contributed by atoms with Crippen molar-refractivity contribution in [2.75, 3.05) is 0 Å². The molecule has 2 unspecified atom stereocenters. The summed E-state index contributed by atoms with van der Waals surface area (Å²) in [6.07, 6.45) is 2.51. The first kappa shape index (κ1) is 13.1. The van der Waals surface area contributed by atoms with Crippen molar-refractivity contribution in [2.45, 2.75) is 51.9 Å². The summed E-state index contributed by atoms with van der Waals surface area (Å²) in [5.41, 5.74) is 6.79. The average Bonchev–Trinajstić information content (AvgIpc) is 2.25. The lowest BCUT2D eigenvalue weighted by atomic mass is 10.0. The molecule has 0 aliphatic heterocycles. The van der Waals surface area contributed by atoms with Gasteiger partial charge in [0.05, 0.1) is 11.3 Å². The highest BCUT2D eigenvalue weighted by Crippen LogP contribution is 2.25. The fraction of sp³-hybridized carbons (Fsp3) is 0.615. The molecule has 90 valence electrons. The molecule has 1 aromatic heterocycles. The van der Waals surface area contributed by atoms with E-state index in [1.54, 1.807) is 6.20 Å². The van der Waals surface area contributed by atoms with Crippen LogP contribution >= 0.6 is 0 Å². The Morgan fingerprint density at radius 3 is 2.50 bits per heavy atom. The molecule has 16 heavy (non-hydrogen) atoms. The standard InChI is InChI=1S/C13H22N2O/c1-5-10(14)12(16-13(2,3)4)11-8-6-7-9-15-11/h6-10,12H,5,14H2,1-4H3. The lowest BCUT2D eigenvalue weighted by Gasteiger charge is -2.30. The van der Waals surface area contributed by atoms with Crippen molar-refractivity contribution < 1.29 is 4.74 Å². The maximum absolute atomic E-state index is 6.09. The Bertz CT molecular complexity index is 305. The van der Waals surface area contributed by atoms with Crippen LogP contribution < -0.4 is 5.73 Å². The van der Waals surface area contributed by atoms with Gasteiger partial charge in [0.15, 0.2) is 0 Å². The first-order valence-electron chi connectivity index (χ1n) is 5.78. The molecule has 0 spiro atoms. The smallest absolute Gasteiger partial charge is 0.115 e. The minimum absolute atomic E-state index is 0.0193. The van der Waals surface area contributed by atoms with Gasteiger partial charge in [0.2, 0.25) is 0 Å². The molecule has 3 nitrogen and oxygen atoms in total. The van der Waals surface area contributed by atoms with E-state index < -0.39 is 0 Å². The molecule has 0 aromatic carbocycles. The summed E-state index contributed by atoms with van der Waals surface area (Å²) in [6, 6.07) is 5.80. The van der Waals surface area contributed by atoms with Gasteiger partial charge in [-0.2, -0.15) is 0 Å². The zero-order valence-corrected chi connectivity index (χ0v) is 10.6. The summed E-state index contributed by atoms with van der Waals surface area (Å²) < 4.78 is 5.99. The topological polar surface area (TPSA) is 48.1 Å². The minimum atomic E-state index is -0.213. The summed E-state index contributed by atoms with van der Waals surface area (Å²) in [7, 11) is 0. The van der Waals surface area contributed by atoms with E-state index >= 15 is 0 Å². The fourth-order valence-electron chi connectivity index (χ4n) is 1.51. The molecular weight excluding hydrogens is 200 g/mol. The van der Waals surface area contributed by atoms with Crippen LogP contribution in [0, 0.1) is 0 Å². The fourth-order valence-corrected chi connectivity index (χ4v) is 1.51. The van der Waals surface area contributed by atoms with E-state index in [4.69, 9.17) is 10.5 Å². The van der Waals surface area contributed by atoms with Crippen LogP contribution in [0.4, 0.5) is 0 Å². The molecule has 0 radical (unpaired) electrons. The highest BCUT2D eigenvalue weighted by Gasteiger charge is 2.25. The van der Waals surface area contributed by atoms with Crippen molar-refractivity contribution in [1.82, 2.24) is 4.98 Å². The van der Waals surface area contributed by atoms with Crippen molar-refractivity contribution in [2.24, 2.45) is 5.73 Å². The number of rotatable bonds is 4. The maximum atomic E-state index is 6.09. The first-order valence-corrected chi connectivity index (χ1v) is 5.78. The second kappa shape index (κ2) is 5.41. The van der Waals surface area contributed by atoms with E-state index in [0.29, 0.717) is 0 Å². The van der Waals surface area contributed by atoms with Gasteiger partial charge in [-0.1, -0.05) is 13.0 Å². The zero-order valence-electron chi connectivity index (χ0n) is 10.6. The van der Waals surface area contributed by atoms with Crippen molar-refractivity contribution in [3.05, 3.63) is 30.1 Å². The van der Waals surface area contributed by atoms with E-state index in [1.807, 2.05) is 39.0 Å². The van der Waals surface area contributed by atoms with Crippen LogP contribution in [0.3, 0.4) is 0 Å². The molecule has 0 saturated heterocycles. The van der Waals surface area contributed by atoms with E-state index in [1.165, 1.54) is 0 Å². The maximum Gasteiger partial charge on any atom is 0.115 e. The average molecular weight is 222 g/mol. The first-order chi connectivity index (χ1) is 7.44. The van der Waals surface area contributed by atoms with Gasteiger partial charge in [-0.15, -0.1) is 0 Å². The molecule has 0 bridgehead atoms. The number of hydrogen-bond donors (Lipinski definition) is 1. The van der Waals surface area contributed by atoms with Crippen molar-refractivity contribution in [1.29, 1.82) is 0 Å². The van der Waals surface area contributed by atoms with Crippen LogP contribution in [-0.4, -0.2) is 16.6 Å². The lowest BCUT2D eigenvalue weighted by Crippen LogP contribution is -2.35. The summed E-state index contributed by atoms with van der Waals surface area (Å²) >= 11 is 0. The third-order valence-corrected chi connectivity index (χ3v) is 2.32. The normalized spacial score (nSPS) is 15.8. The monoisotopic (exact) mass is 222 g/mol. The largest absolute Gasteiger partial charge is 0.365 e. The molecule has 2 N–H and O–H groups in total. The Hall–Kier alpha value is -0.930. The quantitative estimate of drug-likeness (QED) is 0.852. The number of hydrogen-bond acceptors (Lipinski definition) is 3. The molecule has 2 atom stereocenters. The van der Waals surface area contributed by atoms with Gasteiger partial charge in [-0.25, -0.2) is 0 Å². The number of pyridine rings is 1. The highest BCUT2D eigenvalue weighted by molar-refractivity contribution is 5.09. The molecule has 1 aromatic rings. The van der Waals surface area contributed by atoms with Gasteiger partial charge in [-0.3, -0.25) is 4.98 Å². The van der Waals surface area contributed by atoms with E-state index in [0.717, 1.165) is 12.1 Å². The third kappa shape index (κ3) is 3.91. The Labute approximate surface area is 98.0 Å². The third-order valence-electron chi connectivity index (χ3n) is 2.32. The van der Waals surface area contributed by atoms with Crippen molar-refractivity contribution >= 4 is 0 Å². The predicted octanol–water partition coefficient (Wildman–Crippen LogP) is 2.68. The van der Waals surface area contributed by atoms with Crippen LogP contribution in [0.25, 0.3) is 0 Å². The molecule has 0 saturated carbocycles. The van der Waals surface area contributed by atoms with Crippen LogP contribution in [0.5, 0.6) is 0 Å². The van der Waals surface area contributed by atoms with Crippen molar-refractivity contribution in [3.63, 3.8) is 0 Å². The zero-order chi connectivity index (χ0) is 12.2. The Kier molecular flexibility index (Phi) is 4.44. The molecular formula is C13H22N2O. The van der Waals surface area contributed by atoms with Gasteiger partial charge in [-0.05, 0) is 39.3 Å². The van der Waals surface area contributed by atoms with Crippen LogP contribution in [0.15, 0.2) is 24.4 Å². The lowest BCUT2D eigenvalue weighted by molar-refractivity contribution is -0.0746. The molecule has 0 aliphatic rings. The molecule has 1 rings (SSSR count). The predicted molar refractivity (Wildman–Crippen MR) is 66.1 cm³/mol. The van der Waals surface area contributed by atoms with Gasteiger partial charge in [0.1, 0.15) is 6.10 Å². The van der Waals surface area contributed by atoms with Crippen molar-refractivity contribution in [3.8, 4) is 0 Å². The molecule has 0 aliphatic carbocycles. The van der Waals surface area contributed by atoms with Crippen LogP contribution in [0.2, 0.25) is 0 Å². The minimum Gasteiger partial charge on any atom is -0.365 e. The second-order valence-corrected chi connectivity index (χ2v) is 4.98. The van der Waals surface area contributed by atoms with E-state index in [-0.39, 0.29) is 17.7 Å². The highest BCUT2D eigenvalue weighted by atomic mass is 16.5. The number of nitrogens with two attached hydrogens (primary N) is 1. The van der Waals surface area contributed by atoms with E-state index in [2.05, 4.69) is 11.9 Å². The molecule has 0 fully saturated rings.